The zero-order valence-corrected chi connectivity index (χ0v) is 14.9. The van der Waals surface area contributed by atoms with Gasteiger partial charge in [-0.15, -0.1) is 0 Å². The summed E-state index contributed by atoms with van der Waals surface area (Å²) in [6.45, 7) is 1.88. The molecular weight excluding hydrogens is 343 g/mol. The molecular formula is C19H18Cl2N2O. The number of halogens is 2. The van der Waals surface area contributed by atoms with Crippen molar-refractivity contribution in [2.75, 3.05) is 0 Å². The molecule has 0 heterocycles. The van der Waals surface area contributed by atoms with Gasteiger partial charge >= 0.3 is 0 Å². The lowest BCUT2D eigenvalue weighted by molar-refractivity contribution is 0.0955. The summed E-state index contributed by atoms with van der Waals surface area (Å²) in [7, 11) is 0. The van der Waals surface area contributed by atoms with Crippen LogP contribution in [-0.2, 0) is 12.8 Å². The van der Waals surface area contributed by atoms with Gasteiger partial charge < -0.3 is 0 Å². The Bertz CT molecular complexity index is 815. The van der Waals surface area contributed by atoms with Crippen molar-refractivity contribution < 1.29 is 4.79 Å². The Morgan fingerprint density at radius 1 is 1.04 bits per heavy atom. The lowest BCUT2D eigenvalue weighted by atomic mass is 9.90. The van der Waals surface area contributed by atoms with Crippen LogP contribution in [0.2, 0.25) is 10.0 Å². The van der Waals surface area contributed by atoms with Crippen LogP contribution in [0.1, 0.15) is 46.8 Å². The fourth-order valence-electron chi connectivity index (χ4n) is 2.89. The summed E-state index contributed by atoms with van der Waals surface area (Å²) in [5, 5.41) is 5.01. The largest absolute Gasteiger partial charge is 0.272 e. The SMILES string of the molecule is C/C(=N\NC(=O)c1ccc(Cl)cc1Cl)c1ccc2c(c1)CCCC2. The highest BCUT2D eigenvalue weighted by Gasteiger charge is 2.12. The highest BCUT2D eigenvalue weighted by molar-refractivity contribution is 6.36. The maximum absolute atomic E-state index is 12.2. The molecule has 124 valence electrons. The number of carbonyl (C=O) groups excluding carboxylic acids is 1. The molecule has 0 aliphatic heterocycles. The zero-order chi connectivity index (χ0) is 17.1. The van der Waals surface area contributed by atoms with Gasteiger partial charge in [-0.3, -0.25) is 4.79 Å². The van der Waals surface area contributed by atoms with Crippen molar-refractivity contribution in [2.24, 2.45) is 5.10 Å². The Morgan fingerprint density at radius 3 is 2.54 bits per heavy atom. The van der Waals surface area contributed by atoms with Crippen LogP contribution in [-0.4, -0.2) is 11.6 Å². The van der Waals surface area contributed by atoms with Crippen LogP contribution in [0.15, 0.2) is 41.5 Å². The average molecular weight is 361 g/mol. The normalized spacial score (nSPS) is 14.2. The molecule has 3 rings (SSSR count). The summed E-state index contributed by atoms with van der Waals surface area (Å²) >= 11 is 11.9. The van der Waals surface area contributed by atoms with Gasteiger partial charge in [0, 0.05) is 5.02 Å². The molecule has 5 heteroatoms. The molecule has 1 N–H and O–H groups in total. The number of amides is 1. The van der Waals surface area contributed by atoms with Gasteiger partial charge in [-0.25, -0.2) is 5.43 Å². The molecule has 1 aliphatic rings. The van der Waals surface area contributed by atoms with E-state index in [0.29, 0.717) is 15.6 Å². The fraction of sp³-hybridized carbons (Fsp3) is 0.263. The molecule has 1 aliphatic carbocycles. The number of hydrogen-bond donors (Lipinski definition) is 1. The van der Waals surface area contributed by atoms with Gasteiger partial charge in [0.15, 0.2) is 0 Å². The molecule has 0 fully saturated rings. The number of benzene rings is 2. The van der Waals surface area contributed by atoms with Crippen LogP contribution < -0.4 is 5.43 Å². The zero-order valence-electron chi connectivity index (χ0n) is 13.4. The third-order valence-corrected chi connectivity index (χ3v) is 4.81. The second-order valence-corrected chi connectivity index (χ2v) is 6.80. The van der Waals surface area contributed by atoms with Gasteiger partial charge in [-0.1, -0.05) is 35.3 Å². The monoisotopic (exact) mass is 360 g/mol. The molecule has 0 atom stereocenters. The minimum atomic E-state index is -0.353. The number of rotatable bonds is 3. The Kier molecular flexibility index (Phi) is 5.22. The molecule has 2 aromatic rings. The summed E-state index contributed by atoms with van der Waals surface area (Å²) in [5.74, 6) is -0.353. The maximum atomic E-state index is 12.2. The van der Waals surface area contributed by atoms with E-state index in [0.717, 1.165) is 24.1 Å². The van der Waals surface area contributed by atoms with E-state index in [9.17, 15) is 4.79 Å². The third kappa shape index (κ3) is 3.80. The van der Waals surface area contributed by atoms with E-state index >= 15 is 0 Å². The number of fused-ring (bicyclic) bond motifs is 1. The second kappa shape index (κ2) is 7.37. The Morgan fingerprint density at radius 2 is 1.79 bits per heavy atom. The summed E-state index contributed by atoms with van der Waals surface area (Å²) < 4.78 is 0. The van der Waals surface area contributed by atoms with Crippen LogP contribution in [0, 0.1) is 0 Å². The first kappa shape index (κ1) is 17.0. The van der Waals surface area contributed by atoms with Crippen LogP contribution in [0.25, 0.3) is 0 Å². The third-order valence-electron chi connectivity index (χ3n) is 4.27. The van der Waals surface area contributed by atoms with Gasteiger partial charge in [0.05, 0.1) is 16.3 Å². The summed E-state index contributed by atoms with van der Waals surface area (Å²) in [6, 6.07) is 11.2. The van der Waals surface area contributed by atoms with E-state index in [1.54, 1.807) is 12.1 Å². The number of hydrogen-bond acceptors (Lipinski definition) is 2. The van der Waals surface area contributed by atoms with Gasteiger partial charge in [-0.2, -0.15) is 5.10 Å². The molecule has 0 aromatic heterocycles. The number of nitrogens with one attached hydrogen (secondary N) is 1. The average Bonchev–Trinajstić information content (AvgIpc) is 2.59. The van der Waals surface area contributed by atoms with Crippen molar-refractivity contribution in [3.63, 3.8) is 0 Å². The van der Waals surface area contributed by atoms with E-state index in [2.05, 4.69) is 28.7 Å². The number of nitrogens with zero attached hydrogens (tertiary/aromatic N) is 1. The van der Waals surface area contributed by atoms with Crippen molar-refractivity contribution in [3.8, 4) is 0 Å². The standard InChI is InChI=1S/C19H18Cl2N2O/c1-12(14-7-6-13-4-2-3-5-15(13)10-14)22-23-19(24)17-9-8-16(20)11-18(17)21/h6-11H,2-5H2,1H3,(H,23,24)/b22-12+. The molecule has 0 radical (unpaired) electrons. The first-order valence-electron chi connectivity index (χ1n) is 7.96. The van der Waals surface area contributed by atoms with Crippen molar-refractivity contribution >= 4 is 34.8 Å². The number of aryl methyl sites for hydroxylation is 2. The van der Waals surface area contributed by atoms with Crippen LogP contribution >= 0.6 is 23.2 Å². The van der Waals surface area contributed by atoms with E-state index in [1.807, 2.05) is 6.92 Å². The smallest absolute Gasteiger partial charge is 0.267 e. The van der Waals surface area contributed by atoms with Crippen LogP contribution in [0.4, 0.5) is 0 Å². The highest BCUT2D eigenvalue weighted by atomic mass is 35.5. The van der Waals surface area contributed by atoms with Crippen molar-refractivity contribution in [2.45, 2.75) is 32.6 Å². The first-order chi connectivity index (χ1) is 11.5. The minimum absolute atomic E-state index is 0.307. The molecule has 1 amide bonds. The molecule has 0 spiro atoms. The van der Waals surface area contributed by atoms with E-state index in [1.165, 1.54) is 30.0 Å². The van der Waals surface area contributed by atoms with Crippen LogP contribution in [0.5, 0.6) is 0 Å². The van der Waals surface area contributed by atoms with Gasteiger partial charge in [-0.05, 0) is 73.6 Å². The molecule has 0 bridgehead atoms. The lowest BCUT2D eigenvalue weighted by Gasteiger charge is -2.16. The summed E-state index contributed by atoms with van der Waals surface area (Å²) in [6.07, 6.45) is 4.76. The molecule has 0 saturated heterocycles. The Labute approximate surface area is 151 Å². The summed E-state index contributed by atoms with van der Waals surface area (Å²) in [4.78, 5) is 12.2. The van der Waals surface area contributed by atoms with Gasteiger partial charge in [0.1, 0.15) is 0 Å². The number of carbonyl (C=O) groups is 1. The van der Waals surface area contributed by atoms with Crippen LogP contribution in [0.3, 0.4) is 0 Å². The first-order valence-corrected chi connectivity index (χ1v) is 8.72. The van der Waals surface area contributed by atoms with E-state index in [4.69, 9.17) is 23.2 Å². The van der Waals surface area contributed by atoms with E-state index < -0.39 is 0 Å². The fourth-order valence-corrected chi connectivity index (χ4v) is 3.39. The molecule has 2 aromatic carbocycles. The lowest BCUT2D eigenvalue weighted by Crippen LogP contribution is -2.19. The maximum Gasteiger partial charge on any atom is 0.272 e. The molecule has 24 heavy (non-hydrogen) atoms. The second-order valence-electron chi connectivity index (χ2n) is 5.95. The highest BCUT2D eigenvalue weighted by Crippen LogP contribution is 2.23. The molecule has 0 unspecified atom stereocenters. The summed E-state index contributed by atoms with van der Waals surface area (Å²) in [5.41, 5.74) is 7.52. The quantitative estimate of drug-likeness (QED) is 0.605. The van der Waals surface area contributed by atoms with Crippen molar-refractivity contribution in [3.05, 3.63) is 68.7 Å². The predicted molar refractivity (Wildman–Crippen MR) is 99.2 cm³/mol. The molecule has 3 nitrogen and oxygen atoms in total. The van der Waals surface area contributed by atoms with Crippen molar-refractivity contribution in [1.82, 2.24) is 5.43 Å². The van der Waals surface area contributed by atoms with Gasteiger partial charge in [0.25, 0.3) is 5.91 Å². The Balaban J connectivity index is 1.75. The number of hydrazone groups is 1. The predicted octanol–water partition coefficient (Wildman–Crippen LogP) is 5.03. The van der Waals surface area contributed by atoms with E-state index in [-0.39, 0.29) is 5.91 Å². The topological polar surface area (TPSA) is 41.5 Å². The van der Waals surface area contributed by atoms with Crippen molar-refractivity contribution in [1.29, 1.82) is 0 Å². The van der Waals surface area contributed by atoms with Gasteiger partial charge in [0.2, 0.25) is 0 Å². The Hall–Kier alpha value is -1.84. The minimum Gasteiger partial charge on any atom is -0.267 e. The molecule has 0 saturated carbocycles.